The number of carboxylic acid groups (broad SMARTS) is 1. The molecular formula is C11H21NO5. The summed E-state index contributed by atoms with van der Waals surface area (Å²) in [7, 11) is 0. The van der Waals surface area contributed by atoms with Gasteiger partial charge in [-0.05, 0) is 6.42 Å². The number of nitrogens with one attached hydrogen (secondary N) is 1. The molecule has 0 aliphatic rings. The molecule has 100 valence electrons. The Morgan fingerprint density at radius 3 is 2.29 bits per heavy atom. The van der Waals surface area contributed by atoms with Crippen LogP contribution in [0.3, 0.4) is 0 Å². The van der Waals surface area contributed by atoms with Crippen molar-refractivity contribution < 1.29 is 24.2 Å². The first-order valence-corrected chi connectivity index (χ1v) is 5.80. The zero-order chi connectivity index (χ0) is 12.9. The highest BCUT2D eigenvalue weighted by molar-refractivity contribution is 5.80. The Balaban J connectivity index is 3.16. The van der Waals surface area contributed by atoms with Gasteiger partial charge >= 0.3 is 5.97 Å². The molecule has 0 aliphatic heterocycles. The Morgan fingerprint density at radius 1 is 1.06 bits per heavy atom. The average Bonchev–Trinajstić information content (AvgIpc) is 2.30. The van der Waals surface area contributed by atoms with Crippen LogP contribution in [0.15, 0.2) is 0 Å². The maximum atomic E-state index is 11.1. The fourth-order valence-electron chi connectivity index (χ4n) is 1.04. The molecule has 0 bridgehead atoms. The number of amides is 1. The van der Waals surface area contributed by atoms with Crippen molar-refractivity contribution in [1.29, 1.82) is 0 Å². The maximum Gasteiger partial charge on any atom is 0.303 e. The van der Waals surface area contributed by atoms with Crippen LogP contribution in [0.5, 0.6) is 0 Å². The Bertz CT molecular complexity index is 220. The lowest BCUT2D eigenvalue weighted by molar-refractivity contribution is -0.138. The van der Waals surface area contributed by atoms with Crippen LogP contribution in [-0.2, 0) is 19.1 Å². The summed E-state index contributed by atoms with van der Waals surface area (Å²) in [5, 5.41) is 10.9. The number of hydrogen-bond donors (Lipinski definition) is 2. The molecule has 6 nitrogen and oxygen atoms in total. The van der Waals surface area contributed by atoms with E-state index in [2.05, 4.69) is 5.32 Å². The molecule has 0 rings (SSSR count). The van der Waals surface area contributed by atoms with Crippen molar-refractivity contribution in [2.75, 3.05) is 33.0 Å². The molecule has 1 amide bonds. The molecule has 0 radical (unpaired) electrons. The molecule has 0 unspecified atom stereocenters. The fourth-order valence-corrected chi connectivity index (χ4v) is 1.04. The highest BCUT2D eigenvalue weighted by atomic mass is 16.5. The summed E-state index contributed by atoms with van der Waals surface area (Å²) in [5.41, 5.74) is 0. The first-order valence-electron chi connectivity index (χ1n) is 5.80. The molecule has 0 aromatic rings. The van der Waals surface area contributed by atoms with E-state index in [9.17, 15) is 9.59 Å². The molecule has 0 heterocycles. The van der Waals surface area contributed by atoms with E-state index < -0.39 is 5.97 Å². The summed E-state index contributed by atoms with van der Waals surface area (Å²) in [4.78, 5) is 21.3. The summed E-state index contributed by atoms with van der Waals surface area (Å²) in [6, 6.07) is 0. The first-order chi connectivity index (χ1) is 8.16. The predicted molar refractivity (Wildman–Crippen MR) is 61.8 cm³/mol. The fraction of sp³-hybridized carbons (Fsp3) is 0.818. The minimum atomic E-state index is -0.968. The molecule has 2 N–H and O–H groups in total. The van der Waals surface area contributed by atoms with Crippen LogP contribution in [0.25, 0.3) is 0 Å². The Kier molecular flexibility index (Phi) is 10.6. The van der Waals surface area contributed by atoms with Crippen LogP contribution in [-0.4, -0.2) is 50.0 Å². The maximum absolute atomic E-state index is 11.1. The van der Waals surface area contributed by atoms with E-state index >= 15 is 0 Å². The van der Waals surface area contributed by atoms with Crippen LogP contribution in [0.2, 0.25) is 0 Å². The highest BCUT2D eigenvalue weighted by Crippen LogP contribution is 1.88. The van der Waals surface area contributed by atoms with Gasteiger partial charge in [0.05, 0.1) is 26.2 Å². The van der Waals surface area contributed by atoms with Crippen LogP contribution in [0, 0.1) is 0 Å². The van der Waals surface area contributed by atoms with Crippen molar-refractivity contribution in [2.24, 2.45) is 0 Å². The molecule has 0 saturated carbocycles. The van der Waals surface area contributed by atoms with Gasteiger partial charge in [0.25, 0.3) is 0 Å². The lowest BCUT2D eigenvalue weighted by Gasteiger charge is -2.06. The largest absolute Gasteiger partial charge is 0.481 e. The second kappa shape index (κ2) is 11.3. The van der Waals surface area contributed by atoms with E-state index in [1.54, 1.807) is 0 Å². The minimum Gasteiger partial charge on any atom is -0.481 e. The van der Waals surface area contributed by atoms with Crippen LogP contribution < -0.4 is 5.32 Å². The van der Waals surface area contributed by atoms with Crippen LogP contribution in [0.1, 0.15) is 26.2 Å². The van der Waals surface area contributed by atoms with Gasteiger partial charge in [-0.3, -0.25) is 9.59 Å². The predicted octanol–water partition coefficient (Wildman–Crippen LogP) is 0.411. The van der Waals surface area contributed by atoms with Crippen molar-refractivity contribution in [3.8, 4) is 0 Å². The van der Waals surface area contributed by atoms with Gasteiger partial charge in [0, 0.05) is 19.6 Å². The lowest BCUT2D eigenvalue weighted by Crippen LogP contribution is -2.27. The van der Waals surface area contributed by atoms with Crippen molar-refractivity contribution in [3.63, 3.8) is 0 Å². The van der Waals surface area contributed by atoms with Gasteiger partial charge < -0.3 is 19.9 Å². The van der Waals surface area contributed by atoms with E-state index in [1.165, 1.54) is 0 Å². The van der Waals surface area contributed by atoms with E-state index in [0.29, 0.717) is 26.4 Å². The monoisotopic (exact) mass is 247 g/mol. The van der Waals surface area contributed by atoms with Gasteiger partial charge in [-0.2, -0.15) is 0 Å². The standard InChI is InChI=1S/C11H21NO5/c1-2-6-16-8-9-17-7-5-12-10(13)3-4-11(14)15/h2-9H2,1H3,(H,12,13)(H,14,15). The van der Waals surface area contributed by atoms with Gasteiger partial charge in [0.2, 0.25) is 5.91 Å². The number of ether oxygens (including phenoxy) is 2. The zero-order valence-corrected chi connectivity index (χ0v) is 10.2. The van der Waals surface area contributed by atoms with Gasteiger partial charge in [-0.25, -0.2) is 0 Å². The molecule has 0 aromatic heterocycles. The number of rotatable bonds is 11. The number of aliphatic carboxylic acids is 1. The third kappa shape index (κ3) is 12.8. The summed E-state index contributed by atoms with van der Waals surface area (Å²) >= 11 is 0. The average molecular weight is 247 g/mol. The molecule has 0 aromatic carbocycles. The Morgan fingerprint density at radius 2 is 1.71 bits per heavy atom. The summed E-state index contributed by atoms with van der Waals surface area (Å²) in [6.07, 6.45) is 0.853. The number of hydrogen-bond acceptors (Lipinski definition) is 4. The molecular weight excluding hydrogens is 226 g/mol. The van der Waals surface area contributed by atoms with E-state index in [4.69, 9.17) is 14.6 Å². The van der Waals surface area contributed by atoms with Crippen molar-refractivity contribution >= 4 is 11.9 Å². The van der Waals surface area contributed by atoms with Gasteiger partial charge in [-0.1, -0.05) is 6.92 Å². The van der Waals surface area contributed by atoms with Gasteiger partial charge in [0.1, 0.15) is 0 Å². The molecule has 0 aliphatic carbocycles. The quantitative estimate of drug-likeness (QED) is 0.517. The SMILES string of the molecule is CCCOCCOCCNC(=O)CCC(=O)O. The summed E-state index contributed by atoms with van der Waals surface area (Å²) < 4.78 is 10.4. The van der Waals surface area contributed by atoms with E-state index in [1.807, 2.05) is 6.92 Å². The van der Waals surface area contributed by atoms with E-state index in [0.717, 1.165) is 13.0 Å². The van der Waals surface area contributed by atoms with Gasteiger partial charge in [-0.15, -0.1) is 0 Å². The zero-order valence-electron chi connectivity index (χ0n) is 10.2. The number of carbonyl (C=O) groups excluding carboxylic acids is 1. The van der Waals surface area contributed by atoms with Crippen molar-refractivity contribution in [1.82, 2.24) is 5.32 Å². The number of carbonyl (C=O) groups is 2. The van der Waals surface area contributed by atoms with Crippen LogP contribution >= 0.6 is 0 Å². The molecule has 17 heavy (non-hydrogen) atoms. The lowest BCUT2D eigenvalue weighted by atomic mass is 10.3. The smallest absolute Gasteiger partial charge is 0.303 e. The van der Waals surface area contributed by atoms with Gasteiger partial charge in [0.15, 0.2) is 0 Å². The molecule has 0 spiro atoms. The topological polar surface area (TPSA) is 84.9 Å². The second-order valence-corrected chi connectivity index (χ2v) is 3.47. The molecule has 0 saturated heterocycles. The molecule has 6 heteroatoms. The number of carboxylic acids is 1. The molecule has 0 fully saturated rings. The summed E-state index contributed by atoms with van der Waals surface area (Å²) in [6.45, 7) is 4.63. The second-order valence-electron chi connectivity index (χ2n) is 3.47. The van der Waals surface area contributed by atoms with E-state index in [-0.39, 0.29) is 18.7 Å². The van der Waals surface area contributed by atoms with Crippen molar-refractivity contribution in [2.45, 2.75) is 26.2 Å². The highest BCUT2D eigenvalue weighted by Gasteiger charge is 2.03. The van der Waals surface area contributed by atoms with Crippen molar-refractivity contribution in [3.05, 3.63) is 0 Å². The minimum absolute atomic E-state index is 0.00887. The Labute approximate surface area is 101 Å². The normalized spacial score (nSPS) is 10.2. The Hall–Kier alpha value is -1.14. The third-order valence-corrected chi connectivity index (χ3v) is 1.85. The van der Waals surface area contributed by atoms with Crippen LogP contribution in [0.4, 0.5) is 0 Å². The molecule has 0 atom stereocenters. The summed E-state index contributed by atoms with van der Waals surface area (Å²) in [5.74, 6) is -1.23. The third-order valence-electron chi connectivity index (χ3n) is 1.85. The first kappa shape index (κ1) is 15.9.